The fraction of sp³-hybridized carbons (Fsp3) is 0.333. The number of hydrogen-bond acceptors (Lipinski definition) is 10. The van der Waals surface area contributed by atoms with Crippen LogP contribution in [0.5, 0.6) is 0 Å². The maximum absolute atomic E-state index is 12.2. The summed E-state index contributed by atoms with van der Waals surface area (Å²) in [4.78, 5) is 40.6. The number of amides is 2. The maximum Gasteiger partial charge on any atom is 0.271 e. The number of nitrogens with zero attached hydrogens (tertiary/aromatic N) is 5. The molecule has 1 aliphatic rings. The molecular weight excluding hydrogens is 408 g/mol. The van der Waals surface area contributed by atoms with E-state index in [-0.39, 0.29) is 17.0 Å². The van der Waals surface area contributed by atoms with Crippen LogP contribution >= 0.6 is 0 Å². The molecule has 1 fully saturated rings. The molecule has 0 saturated carbocycles. The Morgan fingerprint density at radius 2 is 2.06 bits per heavy atom. The Morgan fingerprint density at radius 3 is 2.81 bits per heavy atom. The summed E-state index contributed by atoms with van der Waals surface area (Å²) in [6.07, 6.45) is 0.394. The molecule has 2 amide bonds. The van der Waals surface area contributed by atoms with Gasteiger partial charge in [0.1, 0.15) is 18.5 Å². The zero-order valence-electron chi connectivity index (χ0n) is 16.3. The Labute approximate surface area is 175 Å². The minimum absolute atomic E-state index is 0.203. The quantitative estimate of drug-likeness (QED) is 0.298. The van der Waals surface area contributed by atoms with Crippen molar-refractivity contribution in [2.24, 2.45) is 0 Å². The number of hydrogen-bond donors (Lipinski definition) is 5. The monoisotopic (exact) mass is 428 g/mol. The number of aliphatic hydroxyl groups excluding tert-OH is 2. The average molecular weight is 428 g/mol. The Balaban J connectivity index is 1.55. The Morgan fingerprint density at radius 1 is 1.23 bits per heavy atom. The SMILES string of the molecule is CCNC(=O)[C@H]1O[C@@H](n2cnc3c(NNC(=O)c4cccnc4)ncnc32)[C@H](O)[C@@H]1O. The summed E-state index contributed by atoms with van der Waals surface area (Å²) in [5, 5.41) is 23.2. The van der Waals surface area contributed by atoms with Crippen LogP contribution in [0.2, 0.25) is 0 Å². The molecule has 0 aromatic carbocycles. The lowest BCUT2D eigenvalue weighted by molar-refractivity contribution is -0.137. The molecule has 31 heavy (non-hydrogen) atoms. The summed E-state index contributed by atoms with van der Waals surface area (Å²) in [5.41, 5.74) is 6.07. The van der Waals surface area contributed by atoms with Gasteiger partial charge in [0, 0.05) is 18.9 Å². The highest BCUT2D eigenvalue weighted by Crippen LogP contribution is 2.32. The largest absolute Gasteiger partial charge is 0.387 e. The van der Waals surface area contributed by atoms with E-state index in [1.165, 1.54) is 23.4 Å². The van der Waals surface area contributed by atoms with Crippen LogP contribution in [-0.4, -0.2) is 71.4 Å². The number of pyridine rings is 1. The minimum atomic E-state index is -1.42. The van der Waals surface area contributed by atoms with E-state index in [9.17, 15) is 19.8 Å². The molecule has 0 unspecified atom stereocenters. The van der Waals surface area contributed by atoms with E-state index in [2.05, 4.69) is 36.1 Å². The summed E-state index contributed by atoms with van der Waals surface area (Å²) in [6, 6.07) is 3.23. The molecule has 3 aromatic heterocycles. The molecule has 162 valence electrons. The lowest BCUT2D eigenvalue weighted by Gasteiger charge is -2.16. The van der Waals surface area contributed by atoms with Crippen LogP contribution < -0.4 is 16.2 Å². The van der Waals surface area contributed by atoms with E-state index in [0.29, 0.717) is 12.1 Å². The molecule has 0 spiro atoms. The van der Waals surface area contributed by atoms with Gasteiger partial charge in [-0.2, -0.15) is 0 Å². The van der Waals surface area contributed by atoms with Gasteiger partial charge in [0.15, 0.2) is 29.3 Å². The molecule has 1 saturated heterocycles. The van der Waals surface area contributed by atoms with Crippen molar-refractivity contribution in [3.63, 3.8) is 0 Å². The average Bonchev–Trinajstić information content (AvgIpc) is 3.34. The maximum atomic E-state index is 12.2. The summed E-state index contributed by atoms with van der Waals surface area (Å²) < 4.78 is 6.99. The van der Waals surface area contributed by atoms with Crippen molar-refractivity contribution < 1.29 is 24.5 Å². The summed E-state index contributed by atoms with van der Waals surface area (Å²) in [7, 11) is 0. The fourth-order valence-electron chi connectivity index (χ4n) is 3.20. The van der Waals surface area contributed by atoms with Crippen molar-refractivity contribution >= 4 is 28.8 Å². The van der Waals surface area contributed by atoms with Crippen molar-refractivity contribution in [2.45, 2.75) is 31.5 Å². The van der Waals surface area contributed by atoms with Gasteiger partial charge in [0.2, 0.25) is 0 Å². The second-order valence-corrected chi connectivity index (χ2v) is 6.69. The van der Waals surface area contributed by atoms with Gasteiger partial charge in [-0.25, -0.2) is 15.0 Å². The molecule has 4 heterocycles. The number of carbonyl (C=O) groups is 2. The zero-order chi connectivity index (χ0) is 22.0. The van der Waals surface area contributed by atoms with Crippen molar-refractivity contribution in [2.75, 3.05) is 12.0 Å². The zero-order valence-corrected chi connectivity index (χ0v) is 16.3. The van der Waals surface area contributed by atoms with E-state index in [1.807, 2.05) is 0 Å². The van der Waals surface area contributed by atoms with Gasteiger partial charge >= 0.3 is 0 Å². The van der Waals surface area contributed by atoms with E-state index < -0.39 is 36.4 Å². The summed E-state index contributed by atoms with van der Waals surface area (Å²) >= 11 is 0. The number of aliphatic hydroxyl groups is 2. The number of ether oxygens (including phenoxy) is 1. The second-order valence-electron chi connectivity index (χ2n) is 6.69. The first-order valence-electron chi connectivity index (χ1n) is 9.44. The number of nitrogens with one attached hydrogen (secondary N) is 3. The third kappa shape index (κ3) is 3.88. The highest BCUT2D eigenvalue weighted by molar-refractivity contribution is 5.95. The minimum Gasteiger partial charge on any atom is -0.387 e. The molecule has 1 aliphatic heterocycles. The van der Waals surface area contributed by atoms with Gasteiger partial charge in [-0.1, -0.05) is 0 Å². The van der Waals surface area contributed by atoms with Gasteiger partial charge < -0.3 is 20.3 Å². The molecule has 4 atom stereocenters. The van der Waals surface area contributed by atoms with Gasteiger partial charge in [-0.05, 0) is 19.1 Å². The Bertz CT molecular complexity index is 1090. The number of fused-ring (bicyclic) bond motifs is 1. The van der Waals surface area contributed by atoms with Gasteiger partial charge in [-0.3, -0.25) is 30.0 Å². The molecule has 0 radical (unpaired) electrons. The van der Waals surface area contributed by atoms with E-state index in [0.717, 1.165) is 0 Å². The highest BCUT2D eigenvalue weighted by atomic mass is 16.6. The predicted octanol–water partition coefficient (Wildman–Crippen LogP) is -1.27. The topological polar surface area (TPSA) is 176 Å². The van der Waals surface area contributed by atoms with Crippen LogP contribution in [0.4, 0.5) is 5.82 Å². The van der Waals surface area contributed by atoms with Crippen LogP contribution in [0.15, 0.2) is 37.2 Å². The van der Waals surface area contributed by atoms with Crippen LogP contribution in [0.25, 0.3) is 11.2 Å². The molecule has 13 heteroatoms. The fourth-order valence-corrected chi connectivity index (χ4v) is 3.20. The van der Waals surface area contributed by atoms with Gasteiger partial charge in [-0.15, -0.1) is 0 Å². The third-order valence-electron chi connectivity index (χ3n) is 4.70. The van der Waals surface area contributed by atoms with Crippen molar-refractivity contribution in [3.8, 4) is 0 Å². The number of rotatable bonds is 6. The van der Waals surface area contributed by atoms with E-state index in [1.54, 1.807) is 25.3 Å². The van der Waals surface area contributed by atoms with Gasteiger partial charge in [0.25, 0.3) is 11.8 Å². The normalized spacial score (nSPS) is 22.9. The smallest absolute Gasteiger partial charge is 0.271 e. The standard InChI is InChI=1S/C18H20N8O5/c1-2-20-17(30)13-11(27)12(28)18(31-13)26-8-23-10-14(21-7-22-15(10)26)24-25-16(29)9-4-3-5-19-6-9/h3-8,11-13,18,27-28H,2H2,1H3,(H,20,30)(H,25,29)(H,21,22,24)/t11-,12+,13-,18+/m0/s1. The Kier molecular flexibility index (Phi) is 5.70. The van der Waals surface area contributed by atoms with Crippen molar-refractivity contribution in [1.29, 1.82) is 0 Å². The van der Waals surface area contributed by atoms with Crippen LogP contribution in [-0.2, 0) is 9.53 Å². The molecule has 3 aromatic rings. The first kappa shape index (κ1) is 20.6. The predicted molar refractivity (Wildman–Crippen MR) is 105 cm³/mol. The summed E-state index contributed by atoms with van der Waals surface area (Å²) in [6.45, 7) is 2.09. The Hall–Kier alpha value is -3.68. The second kappa shape index (κ2) is 8.59. The third-order valence-corrected chi connectivity index (χ3v) is 4.70. The molecule has 4 rings (SSSR count). The van der Waals surface area contributed by atoms with Crippen LogP contribution in [0, 0.1) is 0 Å². The van der Waals surface area contributed by atoms with Crippen molar-refractivity contribution in [3.05, 3.63) is 42.7 Å². The van der Waals surface area contributed by atoms with Crippen LogP contribution in [0.3, 0.4) is 0 Å². The number of anilines is 1. The number of imidazole rings is 1. The first-order valence-corrected chi connectivity index (χ1v) is 9.44. The lowest BCUT2D eigenvalue weighted by atomic mass is 10.1. The highest BCUT2D eigenvalue weighted by Gasteiger charge is 2.47. The number of hydrazine groups is 1. The lowest BCUT2D eigenvalue weighted by Crippen LogP contribution is -2.42. The van der Waals surface area contributed by atoms with Crippen molar-refractivity contribution in [1.82, 2.24) is 35.2 Å². The number of carbonyl (C=O) groups excluding carboxylic acids is 2. The summed E-state index contributed by atoms with van der Waals surface area (Å²) in [5.74, 6) is -0.757. The number of aromatic nitrogens is 5. The van der Waals surface area contributed by atoms with Gasteiger partial charge in [0.05, 0.1) is 11.9 Å². The van der Waals surface area contributed by atoms with Crippen LogP contribution in [0.1, 0.15) is 23.5 Å². The molecular formula is C18H20N8O5. The molecule has 0 bridgehead atoms. The molecule has 13 nitrogen and oxygen atoms in total. The molecule has 5 N–H and O–H groups in total. The number of likely N-dealkylation sites (N-methyl/N-ethyl adjacent to an activating group) is 1. The first-order chi connectivity index (χ1) is 15.0. The molecule has 0 aliphatic carbocycles. The van der Waals surface area contributed by atoms with E-state index in [4.69, 9.17) is 4.74 Å². The van der Waals surface area contributed by atoms with E-state index >= 15 is 0 Å².